The third-order valence-electron chi connectivity index (χ3n) is 11.6. The Morgan fingerprint density at radius 3 is 2.04 bits per heavy atom. The second-order valence-electron chi connectivity index (χ2n) is 15.3. The van der Waals surface area contributed by atoms with Gasteiger partial charge in [-0.3, -0.25) is 9.80 Å². The molecule has 0 amide bonds. The first kappa shape index (κ1) is 35.3. The largest absolute Gasteiger partial charge is 0.423 e. The molecule has 7 heteroatoms. The molecule has 2 unspecified atom stereocenters. The van der Waals surface area contributed by atoms with Gasteiger partial charge in [-0.2, -0.15) is 0 Å². The summed E-state index contributed by atoms with van der Waals surface area (Å²) in [6, 6.07) is 30.9. The van der Waals surface area contributed by atoms with Crippen molar-refractivity contribution in [3.8, 4) is 0 Å². The van der Waals surface area contributed by atoms with E-state index in [-0.39, 0.29) is 6.04 Å². The molecule has 1 saturated carbocycles. The molecular weight excluding hydrogens is 638 g/mol. The van der Waals surface area contributed by atoms with Crippen LogP contribution in [0.4, 0.5) is 5.88 Å². The Morgan fingerprint density at radius 1 is 0.760 bits per heavy atom. The number of benzene rings is 3. The zero-order valence-corrected chi connectivity index (χ0v) is 31.0. The molecule has 2 aliphatic heterocycles. The Morgan fingerprint density at radius 2 is 1.40 bits per heavy atom. The number of likely N-dealkylation sites (tertiary alicyclic amines) is 1. The lowest BCUT2D eigenvalue weighted by Crippen LogP contribution is -2.46. The van der Waals surface area contributed by atoms with E-state index >= 15 is 0 Å². The van der Waals surface area contributed by atoms with E-state index in [4.69, 9.17) is 21.0 Å². The van der Waals surface area contributed by atoms with Crippen molar-refractivity contribution >= 4 is 17.5 Å². The number of hydrogen-bond donors (Lipinski definition) is 0. The fraction of sp³-hybridized carbons (Fsp3) is 0.512. The molecule has 266 valence electrons. The second-order valence-corrected chi connectivity index (χ2v) is 15.7. The summed E-state index contributed by atoms with van der Waals surface area (Å²) in [7, 11) is 4.46. The minimum absolute atomic E-state index is 0.236. The van der Waals surface area contributed by atoms with Crippen molar-refractivity contribution in [3.05, 3.63) is 118 Å². The lowest BCUT2D eigenvalue weighted by Gasteiger charge is -2.40. The zero-order chi connectivity index (χ0) is 34.3. The van der Waals surface area contributed by atoms with Gasteiger partial charge in [0.05, 0.1) is 6.04 Å². The van der Waals surface area contributed by atoms with E-state index in [1.54, 1.807) is 0 Å². The molecule has 2 atom stereocenters. The van der Waals surface area contributed by atoms with Gasteiger partial charge in [-0.05, 0) is 99.9 Å². The molecule has 1 aliphatic carbocycles. The molecule has 6 nitrogen and oxygen atoms in total. The summed E-state index contributed by atoms with van der Waals surface area (Å²) in [5.74, 6) is 3.29. The van der Waals surface area contributed by atoms with Gasteiger partial charge < -0.3 is 14.2 Å². The van der Waals surface area contributed by atoms with Crippen molar-refractivity contribution in [2.24, 2.45) is 11.8 Å². The number of piperidine rings is 1. The molecule has 4 aromatic rings. The fourth-order valence-electron chi connectivity index (χ4n) is 8.95. The molecule has 3 heterocycles. The number of hydrogen-bond acceptors (Lipinski definition) is 6. The minimum atomic E-state index is 0.236. The fourth-order valence-corrected chi connectivity index (χ4v) is 9.08. The highest BCUT2D eigenvalue weighted by atomic mass is 35.5. The topological polar surface area (TPSA) is 39.0 Å². The van der Waals surface area contributed by atoms with Crippen LogP contribution in [0.3, 0.4) is 0 Å². The highest BCUT2D eigenvalue weighted by molar-refractivity contribution is 6.30. The van der Waals surface area contributed by atoms with E-state index in [1.807, 2.05) is 12.1 Å². The highest BCUT2D eigenvalue weighted by Crippen LogP contribution is 2.44. The zero-order valence-electron chi connectivity index (χ0n) is 30.2. The van der Waals surface area contributed by atoms with Crippen molar-refractivity contribution in [1.82, 2.24) is 19.7 Å². The molecule has 0 spiro atoms. The maximum absolute atomic E-state index is 7.03. The van der Waals surface area contributed by atoms with E-state index < -0.39 is 0 Å². The van der Waals surface area contributed by atoms with Crippen LogP contribution in [0, 0.1) is 11.8 Å². The number of nitrogens with zero attached hydrogens (tertiary/aromatic N) is 5. The lowest BCUT2D eigenvalue weighted by atomic mass is 9.74. The van der Waals surface area contributed by atoms with Gasteiger partial charge in [0.25, 0.3) is 0 Å². The van der Waals surface area contributed by atoms with Gasteiger partial charge in [-0.15, -0.1) is 0 Å². The van der Waals surface area contributed by atoms with E-state index in [0.29, 0.717) is 17.9 Å². The molecule has 50 heavy (non-hydrogen) atoms. The smallest absolute Gasteiger partial charge is 0.220 e. The monoisotopic (exact) mass is 693 g/mol. The number of rotatable bonds is 12. The van der Waals surface area contributed by atoms with Crippen LogP contribution in [-0.2, 0) is 13.0 Å². The van der Waals surface area contributed by atoms with Crippen LogP contribution < -0.4 is 4.90 Å². The third kappa shape index (κ3) is 8.82. The predicted molar refractivity (Wildman–Crippen MR) is 206 cm³/mol. The number of aromatic nitrogens is 1. The third-order valence-corrected chi connectivity index (χ3v) is 11.8. The van der Waals surface area contributed by atoms with Crippen LogP contribution in [0.15, 0.2) is 89.3 Å². The van der Waals surface area contributed by atoms with Crippen molar-refractivity contribution in [2.75, 3.05) is 58.3 Å². The molecule has 7 rings (SSSR count). The van der Waals surface area contributed by atoms with Gasteiger partial charge in [-0.1, -0.05) is 104 Å². The summed E-state index contributed by atoms with van der Waals surface area (Å²) in [5, 5.41) is 0.811. The lowest BCUT2D eigenvalue weighted by molar-refractivity contribution is 0.0943. The van der Waals surface area contributed by atoms with Crippen LogP contribution >= 0.6 is 11.6 Å². The van der Waals surface area contributed by atoms with E-state index in [2.05, 4.69) is 106 Å². The summed E-state index contributed by atoms with van der Waals surface area (Å²) < 4.78 is 7.03. The molecule has 0 N–H and O–H groups in total. The van der Waals surface area contributed by atoms with E-state index in [0.717, 1.165) is 81.1 Å². The first-order valence-corrected chi connectivity index (χ1v) is 19.6. The average Bonchev–Trinajstić information content (AvgIpc) is 3.56. The quantitative estimate of drug-likeness (QED) is 0.147. The van der Waals surface area contributed by atoms with Crippen LogP contribution in [0.1, 0.15) is 91.7 Å². The number of halogens is 1. The molecule has 2 saturated heterocycles. The second kappa shape index (κ2) is 16.9. The Hall–Kier alpha value is -3.16. The van der Waals surface area contributed by atoms with Gasteiger partial charge in [0.1, 0.15) is 5.69 Å². The summed E-state index contributed by atoms with van der Waals surface area (Å²) in [4.78, 5) is 15.6. The SMILES string of the molecule is CN(C)C(c1ccc(Cl)cc1)C1CCC(CC(c2nc(Cc3ccccc3)c(N3CCN(Cc4ccccc4)CC3)o2)N2CCCCC2)CC1. The molecular formula is C43H56ClN5O. The molecule has 3 aromatic carbocycles. The van der Waals surface area contributed by atoms with Gasteiger partial charge in [0.15, 0.2) is 0 Å². The van der Waals surface area contributed by atoms with Crippen molar-refractivity contribution in [2.45, 2.75) is 76.4 Å². The standard InChI is InChI=1S/C43H56ClN5O/c1-46(2)41(37-20-22-38(44)23-21-37)36-18-16-34(17-19-36)31-40(48-24-10-5-11-25-48)42-45-39(30-33-12-6-3-7-13-33)43(50-42)49-28-26-47(27-29-49)32-35-14-8-4-9-15-35/h3-4,6-9,12-15,20-23,34,36,40-41H,5,10-11,16-19,24-32H2,1-2H3. The first-order valence-electron chi connectivity index (χ1n) is 19.2. The number of anilines is 1. The molecule has 1 aromatic heterocycles. The highest BCUT2D eigenvalue weighted by Gasteiger charge is 2.35. The molecule has 0 bridgehead atoms. The van der Waals surface area contributed by atoms with Crippen LogP contribution in [0.5, 0.6) is 0 Å². The summed E-state index contributed by atoms with van der Waals surface area (Å²) in [6.45, 7) is 7.26. The van der Waals surface area contributed by atoms with Crippen LogP contribution in [0.2, 0.25) is 5.02 Å². The predicted octanol–water partition coefficient (Wildman–Crippen LogP) is 9.27. The van der Waals surface area contributed by atoms with Crippen molar-refractivity contribution in [1.29, 1.82) is 0 Å². The van der Waals surface area contributed by atoms with Gasteiger partial charge >= 0.3 is 0 Å². The Balaban J connectivity index is 1.09. The molecule has 3 fully saturated rings. The normalized spacial score (nSPS) is 22.1. The summed E-state index contributed by atoms with van der Waals surface area (Å²) >= 11 is 6.26. The number of oxazole rings is 1. The van der Waals surface area contributed by atoms with Gasteiger partial charge in [-0.25, -0.2) is 4.98 Å². The van der Waals surface area contributed by atoms with Crippen LogP contribution in [-0.4, -0.2) is 73.0 Å². The maximum atomic E-state index is 7.03. The number of piperazine rings is 1. The Labute approximate surface area is 305 Å². The van der Waals surface area contributed by atoms with Crippen molar-refractivity contribution < 1.29 is 4.42 Å². The Bertz CT molecular complexity index is 1590. The van der Waals surface area contributed by atoms with E-state index in [9.17, 15) is 0 Å². The minimum Gasteiger partial charge on any atom is -0.423 e. The summed E-state index contributed by atoms with van der Waals surface area (Å²) in [5.41, 5.74) is 5.16. The van der Waals surface area contributed by atoms with Gasteiger partial charge in [0, 0.05) is 50.2 Å². The van der Waals surface area contributed by atoms with E-state index in [1.165, 1.54) is 61.6 Å². The molecule has 3 aliphatic rings. The summed E-state index contributed by atoms with van der Waals surface area (Å²) in [6.07, 6.45) is 10.8. The van der Waals surface area contributed by atoms with Crippen molar-refractivity contribution in [3.63, 3.8) is 0 Å². The maximum Gasteiger partial charge on any atom is 0.220 e. The van der Waals surface area contributed by atoms with Gasteiger partial charge in [0.2, 0.25) is 11.8 Å². The first-order chi connectivity index (χ1) is 24.5. The Kier molecular flexibility index (Phi) is 11.9. The van der Waals surface area contributed by atoms with Crippen LogP contribution in [0.25, 0.3) is 0 Å². The molecule has 0 radical (unpaired) electrons. The average molecular weight is 694 g/mol.